The van der Waals surface area contributed by atoms with Gasteiger partial charge in [-0.05, 0) is 18.3 Å². The molecule has 0 aromatic rings. The lowest BCUT2D eigenvalue weighted by molar-refractivity contribution is -0.127. The number of nitrogens with one attached hydrogen (secondary N) is 2. The Hall–Kier alpha value is -0.810. The Morgan fingerprint density at radius 3 is 2.35 bits per heavy atom. The second kappa shape index (κ2) is 10.00. The number of carbonyl (C=O) groups excluding carboxylic acids is 2. The SMILES string of the molecule is CC(C)[C@H](N)C(=O)NCC(=O)NCCC1CCCC1.Cl. The van der Waals surface area contributed by atoms with Crippen molar-refractivity contribution in [2.75, 3.05) is 13.1 Å². The van der Waals surface area contributed by atoms with Gasteiger partial charge in [0.25, 0.3) is 0 Å². The first-order valence-electron chi connectivity index (χ1n) is 7.30. The summed E-state index contributed by atoms with van der Waals surface area (Å²) in [5.41, 5.74) is 5.69. The van der Waals surface area contributed by atoms with Crippen LogP contribution in [0.4, 0.5) is 0 Å². The molecule has 1 atom stereocenters. The van der Waals surface area contributed by atoms with E-state index >= 15 is 0 Å². The summed E-state index contributed by atoms with van der Waals surface area (Å²) < 4.78 is 0. The number of amides is 2. The highest BCUT2D eigenvalue weighted by Gasteiger charge is 2.18. The maximum atomic E-state index is 11.6. The number of hydrogen-bond donors (Lipinski definition) is 3. The van der Waals surface area contributed by atoms with Crippen molar-refractivity contribution < 1.29 is 9.59 Å². The van der Waals surface area contributed by atoms with Crippen molar-refractivity contribution in [1.29, 1.82) is 0 Å². The lowest BCUT2D eigenvalue weighted by Crippen LogP contribution is -2.47. The quantitative estimate of drug-likeness (QED) is 0.661. The third-order valence-corrected chi connectivity index (χ3v) is 3.79. The fraction of sp³-hybridized carbons (Fsp3) is 0.857. The Bertz CT molecular complexity index is 305. The van der Waals surface area contributed by atoms with Gasteiger partial charge in [0.15, 0.2) is 0 Å². The van der Waals surface area contributed by atoms with Crippen LogP contribution in [0.5, 0.6) is 0 Å². The van der Waals surface area contributed by atoms with Gasteiger partial charge < -0.3 is 16.4 Å². The third-order valence-electron chi connectivity index (χ3n) is 3.79. The second-order valence-electron chi connectivity index (χ2n) is 5.78. The van der Waals surface area contributed by atoms with Crippen molar-refractivity contribution in [2.45, 2.75) is 52.0 Å². The van der Waals surface area contributed by atoms with Crippen molar-refractivity contribution in [3.8, 4) is 0 Å². The zero-order valence-corrected chi connectivity index (χ0v) is 13.3. The molecule has 0 saturated heterocycles. The molecule has 0 unspecified atom stereocenters. The van der Waals surface area contributed by atoms with E-state index in [4.69, 9.17) is 5.73 Å². The van der Waals surface area contributed by atoms with E-state index in [9.17, 15) is 9.59 Å². The smallest absolute Gasteiger partial charge is 0.239 e. The van der Waals surface area contributed by atoms with Crippen LogP contribution in [0.2, 0.25) is 0 Å². The first-order valence-corrected chi connectivity index (χ1v) is 7.30. The average molecular weight is 306 g/mol. The van der Waals surface area contributed by atoms with Crippen molar-refractivity contribution in [3.63, 3.8) is 0 Å². The van der Waals surface area contributed by atoms with Crippen LogP contribution in [0.25, 0.3) is 0 Å². The lowest BCUT2D eigenvalue weighted by Gasteiger charge is -2.15. The molecule has 5 nitrogen and oxygen atoms in total. The van der Waals surface area contributed by atoms with Gasteiger partial charge in [0.2, 0.25) is 11.8 Å². The van der Waals surface area contributed by atoms with E-state index in [1.807, 2.05) is 13.8 Å². The molecule has 20 heavy (non-hydrogen) atoms. The topological polar surface area (TPSA) is 84.2 Å². The highest BCUT2D eigenvalue weighted by molar-refractivity contribution is 5.87. The molecule has 1 fully saturated rings. The standard InChI is InChI=1S/C14H27N3O2.ClH/c1-10(2)13(15)14(19)17-9-12(18)16-8-7-11-5-3-4-6-11;/h10-11,13H,3-9,15H2,1-2H3,(H,16,18)(H,17,19);1H/t13-;/m0./s1. The number of nitrogens with two attached hydrogens (primary N) is 1. The minimum absolute atomic E-state index is 0. The summed E-state index contributed by atoms with van der Waals surface area (Å²) in [4.78, 5) is 23.1. The van der Waals surface area contributed by atoms with Crippen LogP contribution in [0.1, 0.15) is 46.0 Å². The van der Waals surface area contributed by atoms with Gasteiger partial charge in [-0.25, -0.2) is 0 Å². The Labute approximate surface area is 127 Å². The monoisotopic (exact) mass is 305 g/mol. The summed E-state index contributed by atoms with van der Waals surface area (Å²) in [6.07, 6.45) is 6.26. The molecule has 0 aromatic heterocycles. The molecule has 0 aromatic carbocycles. The van der Waals surface area contributed by atoms with Crippen molar-refractivity contribution in [1.82, 2.24) is 10.6 Å². The molecule has 0 spiro atoms. The molecule has 4 N–H and O–H groups in total. The summed E-state index contributed by atoms with van der Waals surface area (Å²) in [5, 5.41) is 5.40. The van der Waals surface area contributed by atoms with Crippen LogP contribution >= 0.6 is 12.4 Å². The predicted molar refractivity (Wildman–Crippen MR) is 82.7 cm³/mol. The molecule has 1 aliphatic carbocycles. The molecule has 1 saturated carbocycles. The minimum atomic E-state index is -0.550. The fourth-order valence-corrected chi connectivity index (χ4v) is 2.37. The molecule has 0 bridgehead atoms. The van der Waals surface area contributed by atoms with Gasteiger partial charge in [-0.15, -0.1) is 12.4 Å². The molecule has 1 rings (SSSR count). The summed E-state index contributed by atoms with van der Waals surface area (Å²) in [7, 11) is 0. The van der Waals surface area contributed by atoms with Crippen LogP contribution in [-0.2, 0) is 9.59 Å². The minimum Gasteiger partial charge on any atom is -0.355 e. The number of halogens is 1. The van der Waals surface area contributed by atoms with Gasteiger partial charge in [-0.3, -0.25) is 9.59 Å². The normalized spacial score (nSPS) is 16.6. The first kappa shape index (κ1) is 19.2. The van der Waals surface area contributed by atoms with E-state index in [2.05, 4.69) is 10.6 Å². The maximum absolute atomic E-state index is 11.6. The average Bonchev–Trinajstić information content (AvgIpc) is 2.88. The number of carbonyl (C=O) groups is 2. The Kier molecular flexibility index (Phi) is 9.59. The molecule has 6 heteroatoms. The molecular formula is C14H28ClN3O2. The Morgan fingerprint density at radius 2 is 1.80 bits per heavy atom. The molecule has 0 aliphatic heterocycles. The van der Waals surface area contributed by atoms with E-state index in [1.54, 1.807) is 0 Å². The number of hydrogen-bond acceptors (Lipinski definition) is 3. The van der Waals surface area contributed by atoms with Crippen LogP contribution in [0, 0.1) is 11.8 Å². The zero-order chi connectivity index (χ0) is 14.3. The van der Waals surface area contributed by atoms with E-state index in [0.717, 1.165) is 12.3 Å². The molecule has 0 heterocycles. The summed E-state index contributed by atoms with van der Waals surface area (Å²) in [5.74, 6) is 0.443. The van der Waals surface area contributed by atoms with Gasteiger partial charge in [-0.1, -0.05) is 39.5 Å². The Balaban J connectivity index is 0.00000361. The van der Waals surface area contributed by atoms with Gasteiger partial charge >= 0.3 is 0 Å². The summed E-state index contributed by atoms with van der Waals surface area (Å²) in [6.45, 7) is 4.48. The van der Waals surface area contributed by atoms with Gasteiger partial charge in [0, 0.05) is 6.54 Å². The Morgan fingerprint density at radius 1 is 1.20 bits per heavy atom. The lowest BCUT2D eigenvalue weighted by atomic mass is 10.0. The third kappa shape index (κ3) is 7.10. The van der Waals surface area contributed by atoms with Crippen molar-refractivity contribution in [3.05, 3.63) is 0 Å². The van der Waals surface area contributed by atoms with E-state index in [0.29, 0.717) is 6.54 Å². The molecule has 118 valence electrons. The van der Waals surface area contributed by atoms with Crippen LogP contribution < -0.4 is 16.4 Å². The highest BCUT2D eigenvalue weighted by atomic mass is 35.5. The summed E-state index contributed by atoms with van der Waals surface area (Å²) in [6, 6.07) is -0.550. The predicted octanol–water partition coefficient (Wildman–Crippen LogP) is 1.20. The molecular weight excluding hydrogens is 278 g/mol. The maximum Gasteiger partial charge on any atom is 0.239 e. The molecule has 2 amide bonds. The van der Waals surface area contributed by atoms with Crippen molar-refractivity contribution >= 4 is 24.2 Å². The van der Waals surface area contributed by atoms with Crippen molar-refractivity contribution in [2.24, 2.45) is 17.6 Å². The van der Waals surface area contributed by atoms with E-state index < -0.39 is 6.04 Å². The molecule has 1 aliphatic rings. The van der Waals surface area contributed by atoms with Gasteiger partial charge in [0.1, 0.15) is 0 Å². The van der Waals surface area contributed by atoms with Gasteiger partial charge in [0.05, 0.1) is 12.6 Å². The van der Waals surface area contributed by atoms with E-state index in [-0.39, 0.29) is 36.7 Å². The highest BCUT2D eigenvalue weighted by Crippen LogP contribution is 2.26. The van der Waals surface area contributed by atoms with Crippen LogP contribution in [-0.4, -0.2) is 30.9 Å². The van der Waals surface area contributed by atoms with E-state index in [1.165, 1.54) is 25.7 Å². The largest absolute Gasteiger partial charge is 0.355 e. The van der Waals surface area contributed by atoms with Gasteiger partial charge in [-0.2, -0.15) is 0 Å². The van der Waals surface area contributed by atoms with Crippen LogP contribution in [0.15, 0.2) is 0 Å². The number of rotatable bonds is 7. The second-order valence-corrected chi connectivity index (χ2v) is 5.78. The summed E-state index contributed by atoms with van der Waals surface area (Å²) >= 11 is 0. The molecule has 0 radical (unpaired) electrons. The fourth-order valence-electron chi connectivity index (χ4n) is 2.37. The first-order chi connectivity index (χ1) is 9.00. The van der Waals surface area contributed by atoms with Crippen LogP contribution in [0.3, 0.4) is 0 Å². The zero-order valence-electron chi connectivity index (χ0n) is 12.5.